The molecule has 0 aliphatic heterocycles. The molecular formula is C16H26N2O2S. The van der Waals surface area contributed by atoms with E-state index in [-0.39, 0.29) is 0 Å². The van der Waals surface area contributed by atoms with Crippen LogP contribution < -0.4 is 5.73 Å². The molecular weight excluding hydrogens is 284 g/mol. The molecule has 0 atom stereocenters. The van der Waals surface area contributed by atoms with Gasteiger partial charge in [0, 0.05) is 19.6 Å². The summed E-state index contributed by atoms with van der Waals surface area (Å²) in [4.78, 5) is 0.439. The summed E-state index contributed by atoms with van der Waals surface area (Å²) in [7, 11) is -3.42. The first-order valence-corrected chi connectivity index (χ1v) is 9.28. The number of rotatable bonds is 7. The highest BCUT2D eigenvalue weighted by Crippen LogP contribution is 2.30. The lowest BCUT2D eigenvalue weighted by Crippen LogP contribution is -2.37. The van der Waals surface area contributed by atoms with E-state index in [1.807, 2.05) is 26.0 Å². The highest BCUT2D eigenvalue weighted by atomic mass is 32.2. The Morgan fingerprint density at radius 1 is 1.29 bits per heavy atom. The van der Waals surface area contributed by atoms with Gasteiger partial charge in [0.2, 0.25) is 10.0 Å². The van der Waals surface area contributed by atoms with E-state index in [0.717, 1.165) is 24.0 Å². The maximum Gasteiger partial charge on any atom is 0.243 e. The van der Waals surface area contributed by atoms with Gasteiger partial charge in [-0.25, -0.2) is 8.42 Å². The average molecular weight is 310 g/mol. The van der Waals surface area contributed by atoms with Crippen molar-refractivity contribution >= 4 is 10.0 Å². The number of sulfonamides is 1. The molecule has 5 heteroatoms. The third kappa shape index (κ3) is 3.47. The van der Waals surface area contributed by atoms with Crippen molar-refractivity contribution in [2.45, 2.75) is 51.0 Å². The van der Waals surface area contributed by atoms with Crippen LogP contribution >= 0.6 is 0 Å². The number of benzene rings is 1. The van der Waals surface area contributed by atoms with E-state index in [2.05, 4.69) is 0 Å². The van der Waals surface area contributed by atoms with Crippen molar-refractivity contribution in [1.29, 1.82) is 0 Å². The van der Waals surface area contributed by atoms with E-state index in [1.54, 1.807) is 10.4 Å². The van der Waals surface area contributed by atoms with Crippen molar-refractivity contribution < 1.29 is 8.42 Å². The van der Waals surface area contributed by atoms with Crippen molar-refractivity contribution in [3.8, 4) is 0 Å². The van der Waals surface area contributed by atoms with E-state index in [9.17, 15) is 8.42 Å². The highest BCUT2D eigenvalue weighted by molar-refractivity contribution is 7.89. The van der Waals surface area contributed by atoms with Crippen LogP contribution in [0.3, 0.4) is 0 Å². The molecule has 0 bridgehead atoms. The maximum atomic E-state index is 13.0. The first-order valence-electron chi connectivity index (χ1n) is 7.84. The lowest BCUT2D eigenvalue weighted by molar-refractivity contribution is 0.250. The van der Waals surface area contributed by atoms with Crippen molar-refractivity contribution in [3.63, 3.8) is 0 Å². The second-order valence-corrected chi connectivity index (χ2v) is 7.66. The second-order valence-electron chi connectivity index (χ2n) is 5.75. The number of aryl methyl sites for hydroxylation is 1. The normalized spacial score (nSPS) is 16.2. The fraction of sp³-hybridized carbons (Fsp3) is 0.625. The Morgan fingerprint density at radius 3 is 2.48 bits per heavy atom. The minimum atomic E-state index is -3.42. The molecule has 2 rings (SSSR count). The Labute approximate surface area is 128 Å². The molecule has 1 aliphatic carbocycles. The molecule has 0 spiro atoms. The third-order valence-corrected chi connectivity index (χ3v) is 6.43. The van der Waals surface area contributed by atoms with Gasteiger partial charge in [-0.1, -0.05) is 32.4 Å². The van der Waals surface area contributed by atoms with Crippen LogP contribution in [0.5, 0.6) is 0 Å². The monoisotopic (exact) mass is 310 g/mol. The standard InChI is InChI=1S/C16H26N2O2S/c1-3-15-9-8-14(11-17)10-16(15)21(19,20)18(4-2)12-13-6-5-7-13/h8-10,13H,3-7,11-12,17H2,1-2H3. The molecule has 21 heavy (non-hydrogen) atoms. The second kappa shape index (κ2) is 6.90. The molecule has 4 nitrogen and oxygen atoms in total. The van der Waals surface area contributed by atoms with Crippen LogP contribution in [-0.4, -0.2) is 25.8 Å². The van der Waals surface area contributed by atoms with Gasteiger partial charge in [0.05, 0.1) is 4.90 Å². The zero-order valence-electron chi connectivity index (χ0n) is 13.0. The summed E-state index contributed by atoms with van der Waals surface area (Å²) in [5.74, 6) is 0.530. The van der Waals surface area contributed by atoms with Crippen LogP contribution in [0.1, 0.15) is 44.2 Å². The summed E-state index contributed by atoms with van der Waals surface area (Å²) in [6, 6.07) is 5.56. The van der Waals surface area contributed by atoms with Crippen LogP contribution in [0, 0.1) is 5.92 Å². The van der Waals surface area contributed by atoms with Gasteiger partial charge in [0.25, 0.3) is 0 Å². The summed E-state index contributed by atoms with van der Waals surface area (Å²) < 4.78 is 27.6. The van der Waals surface area contributed by atoms with Crippen LogP contribution in [0.2, 0.25) is 0 Å². The Bertz CT molecular complexity index is 580. The minimum Gasteiger partial charge on any atom is -0.326 e. The predicted molar refractivity (Wildman–Crippen MR) is 85.5 cm³/mol. The molecule has 0 heterocycles. The molecule has 1 aromatic rings. The van der Waals surface area contributed by atoms with Gasteiger partial charge in [-0.3, -0.25) is 0 Å². The van der Waals surface area contributed by atoms with E-state index in [1.165, 1.54) is 6.42 Å². The Kier molecular flexibility index (Phi) is 5.41. The molecule has 1 aromatic carbocycles. The molecule has 0 amide bonds. The fourth-order valence-corrected chi connectivity index (χ4v) is 4.63. The van der Waals surface area contributed by atoms with Gasteiger partial charge < -0.3 is 5.73 Å². The van der Waals surface area contributed by atoms with Crippen molar-refractivity contribution in [2.24, 2.45) is 11.7 Å². The smallest absolute Gasteiger partial charge is 0.243 e. The maximum absolute atomic E-state index is 13.0. The predicted octanol–water partition coefficient (Wildman–Crippen LogP) is 2.52. The van der Waals surface area contributed by atoms with Crippen LogP contribution in [-0.2, 0) is 23.0 Å². The third-order valence-electron chi connectivity index (χ3n) is 4.41. The van der Waals surface area contributed by atoms with Crippen molar-refractivity contribution in [2.75, 3.05) is 13.1 Å². The molecule has 0 radical (unpaired) electrons. The van der Waals surface area contributed by atoms with Crippen LogP contribution in [0.25, 0.3) is 0 Å². The summed E-state index contributed by atoms with van der Waals surface area (Å²) >= 11 is 0. The summed E-state index contributed by atoms with van der Waals surface area (Å²) in [5.41, 5.74) is 7.41. The van der Waals surface area contributed by atoms with Gasteiger partial charge in [0.1, 0.15) is 0 Å². The first kappa shape index (κ1) is 16.5. The number of nitrogens with two attached hydrogens (primary N) is 1. The minimum absolute atomic E-state index is 0.362. The Balaban J connectivity index is 2.35. The van der Waals surface area contributed by atoms with Crippen LogP contribution in [0.4, 0.5) is 0 Å². The van der Waals surface area contributed by atoms with Crippen molar-refractivity contribution in [3.05, 3.63) is 29.3 Å². The van der Waals surface area contributed by atoms with Gasteiger partial charge in [-0.15, -0.1) is 0 Å². The molecule has 2 N–H and O–H groups in total. The summed E-state index contributed by atoms with van der Waals surface area (Å²) in [6.07, 6.45) is 4.23. The van der Waals surface area contributed by atoms with Crippen molar-refractivity contribution in [1.82, 2.24) is 4.31 Å². The lowest BCUT2D eigenvalue weighted by Gasteiger charge is -2.31. The largest absolute Gasteiger partial charge is 0.326 e. The zero-order chi connectivity index (χ0) is 15.5. The van der Waals surface area contributed by atoms with Gasteiger partial charge in [-0.2, -0.15) is 4.31 Å². The number of hydrogen-bond donors (Lipinski definition) is 1. The SMILES string of the molecule is CCc1ccc(CN)cc1S(=O)(=O)N(CC)CC1CCC1. The number of hydrogen-bond acceptors (Lipinski definition) is 3. The van der Waals surface area contributed by atoms with Gasteiger partial charge in [0.15, 0.2) is 0 Å². The average Bonchev–Trinajstić information content (AvgIpc) is 2.45. The summed E-state index contributed by atoms with van der Waals surface area (Å²) in [5, 5.41) is 0. The summed E-state index contributed by atoms with van der Waals surface area (Å²) in [6.45, 7) is 5.43. The Morgan fingerprint density at radius 2 is 2.00 bits per heavy atom. The molecule has 1 aliphatic rings. The molecule has 0 saturated heterocycles. The molecule has 118 valence electrons. The van der Waals surface area contributed by atoms with Crippen LogP contribution in [0.15, 0.2) is 23.1 Å². The van der Waals surface area contributed by atoms with Gasteiger partial charge in [-0.05, 0) is 42.4 Å². The molecule has 0 aromatic heterocycles. The van der Waals surface area contributed by atoms with Gasteiger partial charge >= 0.3 is 0 Å². The van der Waals surface area contributed by atoms with E-state index < -0.39 is 10.0 Å². The Hall–Kier alpha value is -0.910. The highest BCUT2D eigenvalue weighted by Gasteiger charge is 2.29. The zero-order valence-corrected chi connectivity index (χ0v) is 13.8. The molecule has 0 unspecified atom stereocenters. The quantitative estimate of drug-likeness (QED) is 0.841. The van der Waals surface area contributed by atoms with E-state index >= 15 is 0 Å². The first-order chi connectivity index (χ1) is 10.0. The fourth-order valence-electron chi connectivity index (χ4n) is 2.76. The number of nitrogens with zero attached hydrogens (tertiary/aromatic N) is 1. The van der Waals surface area contributed by atoms with E-state index in [0.29, 0.717) is 36.9 Å². The lowest BCUT2D eigenvalue weighted by atomic mass is 9.85. The topological polar surface area (TPSA) is 63.4 Å². The molecule has 1 saturated carbocycles. The van der Waals surface area contributed by atoms with E-state index in [4.69, 9.17) is 5.73 Å². The molecule has 1 fully saturated rings.